The molecule has 2 saturated heterocycles. The molecule has 6 heteroatoms. The molecule has 2 aliphatic rings. The van der Waals surface area contributed by atoms with Gasteiger partial charge in [0, 0.05) is 25.3 Å². The number of furan rings is 1. The van der Waals surface area contributed by atoms with E-state index >= 15 is 0 Å². The molecule has 0 saturated carbocycles. The fourth-order valence-corrected chi connectivity index (χ4v) is 3.83. The summed E-state index contributed by atoms with van der Waals surface area (Å²) in [6.07, 6.45) is 2.36. The number of para-hydroxylation sites is 1. The van der Waals surface area contributed by atoms with E-state index in [1.165, 1.54) is 6.26 Å². The van der Waals surface area contributed by atoms with Crippen molar-refractivity contribution in [2.45, 2.75) is 12.0 Å². The number of anilines is 1. The van der Waals surface area contributed by atoms with Gasteiger partial charge < -0.3 is 14.2 Å². The topological polar surface area (TPSA) is 57.0 Å². The highest BCUT2D eigenvalue weighted by atomic mass is 16.3. The summed E-state index contributed by atoms with van der Waals surface area (Å²) < 4.78 is 5.25. The Morgan fingerprint density at radius 3 is 2.64 bits per heavy atom. The Balaban J connectivity index is 1.56. The van der Waals surface area contributed by atoms with Crippen molar-refractivity contribution in [1.82, 2.24) is 9.80 Å². The van der Waals surface area contributed by atoms with Gasteiger partial charge in [-0.05, 0) is 37.7 Å². The summed E-state index contributed by atoms with van der Waals surface area (Å²) in [5, 5.41) is 0. The monoisotopic (exact) mass is 339 g/mol. The molecular weight excluding hydrogens is 318 g/mol. The van der Waals surface area contributed by atoms with Crippen LogP contribution >= 0.6 is 0 Å². The van der Waals surface area contributed by atoms with E-state index in [0.29, 0.717) is 31.9 Å². The zero-order valence-corrected chi connectivity index (χ0v) is 14.2. The average molecular weight is 339 g/mol. The number of likely N-dealkylation sites (tertiary alicyclic amines) is 1. The minimum atomic E-state index is -0.216. The van der Waals surface area contributed by atoms with E-state index in [0.717, 1.165) is 12.1 Å². The van der Waals surface area contributed by atoms with Crippen molar-refractivity contribution in [3.8, 4) is 0 Å². The minimum Gasteiger partial charge on any atom is -0.459 e. The van der Waals surface area contributed by atoms with Crippen molar-refractivity contribution in [2.75, 3.05) is 38.1 Å². The van der Waals surface area contributed by atoms with Crippen molar-refractivity contribution in [1.29, 1.82) is 0 Å². The third-order valence-electron chi connectivity index (χ3n) is 5.35. The molecule has 0 aliphatic carbocycles. The molecule has 6 nitrogen and oxygen atoms in total. The molecule has 2 fully saturated rings. The largest absolute Gasteiger partial charge is 0.459 e. The second-order valence-corrected chi connectivity index (χ2v) is 6.85. The van der Waals surface area contributed by atoms with Crippen LogP contribution in [0.1, 0.15) is 17.0 Å². The van der Waals surface area contributed by atoms with Crippen LogP contribution in [0.2, 0.25) is 0 Å². The zero-order valence-electron chi connectivity index (χ0n) is 14.2. The van der Waals surface area contributed by atoms with Crippen molar-refractivity contribution in [3.63, 3.8) is 0 Å². The maximum absolute atomic E-state index is 12.6. The van der Waals surface area contributed by atoms with Gasteiger partial charge in [0.05, 0.1) is 18.3 Å². The number of rotatable bonds is 2. The summed E-state index contributed by atoms with van der Waals surface area (Å²) in [6, 6.07) is 13.2. The number of piperazine rings is 1. The van der Waals surface area contributed by atoms with E-state index in [-0.39, 0.29) is 17.4 Å². The molecule has 4 rings (SSSR count). The Labute approximate surface area is 146 Å². The summed E-state index contributed by atoms with van der Waals surface area (Å²) in [5.41, 5.74) is 0.696. The first-order valence-electron chi connectivity index (χ1n) is 8.48. The Morgan fingerprint density at radius 1 is 1.12 bits per heavy atom. The lowest BCUT2D eigenvalue weighted by Gasteiger charge is -2.46. The van der Waals surface area contributed by atoms with Crippen LogP contribution < -0.4 is 4.90 Å². The van der Waals surface area contributed by atoms with Crippen molar-refractivity contribution >= 4 is 17.5 Å². The molecule has 2 amide bonds. The summed E-state index contributed by atoms with van der Waals surface area (Å²) in [4.78, 5) is 30.9. The van der Waals surface area contributed by atoms with Gasteiger partial charge >= 0.3 is 0 Å². The van der Waals surface area contributed by atoms with Gasteiger partial charge in [-0.1, -0.05) is 18.2 Å². The van der Waals surface area contributed by atoms with Crippen LogP contribution in [0.25, 0.3) is 0 Å². The van der Waals surface area contributed by atoms with Gasteiger partial charge in [-0.3, -0.25) is 14.5 Å². The number of carbonyl (C=O) groups is 2. The van der Waals surface area contributed by atoms with Crippen LogP contribution in [0.4, 0.5) is 5.69 Å². The lowest BCUT2D eigenvalue weighted by atomic mass is 9.92. The van der Waals surface area contributed by atoms with Gasteiger partial charge in [-0.15, -0.1) is 0 Å². The predicted octanol–water partition coefficient (Wildman–Crippen LogP) is 1.84. The van der Waals surface area contributed by atoms with E-state index < -0.39 is 0 Å². The van der Waals surface area contributed by atoms with Crippen LogP contribution in [-0.4, -0.2) is 60.4 Å². The smallest absolute Gasteiger partial charge is 0.289 e. The molecule has 0 radical (unpaired) electrons. The lowest BCUT2D eigenvalue weighted by Crippen LogP contribution is -2.64. The SMILES string of the molecule is CN1CC(=O)N(c2ccccc2)C[C@@]12CCN(C(=O)c1ccco1)C2. The third kappa shape index (κ3) is 2.72. The number of likely N-dealkylation sites (N-methyl/N-ethyl adjacent to an activating group) is 1. The summed E-state index contributed by atoms with van der Waals surface area (Å²) in [6.45, 7) is 2.21. The highest BCUT2D eigenvalue weighted by Gasteiger charge is 2.48. The van der Waals surface area contributed by atoms with Crippen LogP contribution in [0.3, 0.4) is 0 Å². The average Bonchev–Trinajstić information content (AvgIpc) is 3.30. The zero-order chi connectivity index (χ0) is 17.4. The minimum absolute atomic E-state index is 0.0848. The molecule has 2 aliphatic heterocycles. The second-order valence-electron chi connectivity index (χ2n) is 6.85. The van der Waals surface area contributed by atoms with Gasteiger partial charge in [0.2, 0.25) is 5.91 Å². The molecule has 0 N–H and O–H groups in total. The number of hydrogen-bond acceptors (Lipinski definition) is 4. The number of benzene rings is 1. The molecular formula is C19H21N3O3. The molecule has 130 valence electrons. The highest BCUT2D eigenvalue weighted by Crippen LogP contribution is 2.33. The third-order valence-corrected chi connectivity index (χ3v) is 5.35. The number of amides is 2. The van der Waals surface area contributed by atoms with Gasteiger partial charge in [0.1, 0.15) is 0 Å². The molecule has 2 aromatic rings. The van der Waals surface area contributed by atoms with Crippen molar-refractivity contribution in [3.05, 3.63) is 54.5 Å². The molecule has 25 heavy (non-hydrogen) atoms. The standard InChI is InChI=1S/C19H21N3O3/c1-20-12-17(23)22(15-6-3-2-4-7-15)14-19(20)9-10-21(13-19)18(24)16-8-5-11-25-16/h2-8,11H,9-10,12-14H2,1H3/t19-/m0/s1. The van der Waals surface area contributed by atoms with E-state index in [9.17, 15) is 9.59 Å². The first kappa shape index (κ1) is 15.9. The van der Waals surface area contributed by atoms with Crippen LogP contribution in [0.15, 0.2) is 53.1 Å². The molecule has 3 heterocycles. The van der Waals surface area contributed by atoms with E-state index in [2.05, 4.69) is 4.90 Å². The maximum atomic E-state index is 12.6. The molecule has 1 aromatic carbocycles. The van der Waals surface area contributed by atoms with Gasteiger partial charge in [-0.25, -0.2) is 0 Å². The van der Waals surface area contributed by atoms with Crippen molar-refractivity contribution < 1.29 is 14.0 Å². The van der Waals surface area contributed by atoms with Crippen LogP contribution in [0.5, 0.6) is 0 Å². The van der Waals surface area contributed by atoms with Crippen LogP contribution in [-0.2, 0) is 4.79 Å². The molecule has 1 atom stereocenters. The summed E-state index contributed by atoms with van der Waals surface area (Å²) in [5.74, 6) is 0.375. The van der Waals surface area contributed by atoms with E-state index in [1.807, 2.05) is 47.2 Å². The maximum Gasteiger partial charge on any atom is 0.289 e. The Bertz CT molecular complexity index is 774. The number of hydrogen-bond donors (Lipinski definition) is 0. The molecule has 1 spiro atoms. The quantitative estimate of drug-likeness (QED) is 0.838. The summed E-state index contributed by atoms with van der Waals surface area (Å²) in [7, 11) is 1.97. The second kappa shape index (κ2) is 6.04. The van der Waals surface area contributed by atoms with Crippen LogP contribution in [0, 0.1) is 0 Å². The Kier molecular flexibility index (Phi) is 3.84. The highest BCUT2D eigenvalue weighted by molar-refractivity contribution is 5.96. The molecule has 0 bridgehead atoms. The van der Waals surface area contributed by atoms with E-state index in [4.69, 9.17) is 4.42 Å². The number of carbonyl (C=O) groups excluding carboxylic acids is 2. The fraction of sp³-hybridized carbons (Fsp3) is 0.368. The van der Waals surface area contributed by atoms with Gasteiger partial charge in [0.15, 0.2) is 5.76 Å². The summed E-state index contributed by atoms with van der Waals surface area (Å²) >= 11 is 0. The fourth-order valence-electron chi connectivity index (χ4n) is 3.83. The normalized spacial score (nSPS) is 24.3. The Hall–Kier alpha value is -2.60. The van der Waals surface area contributed by atoms with Crippen molar-refractivity contribution in [2.24, 2.45) is 0 Å². The van der Waals surface area contributed by atoms with Gasteiger partial charge in [0.25, 0.3) is 5.91 Å². The molecule has 1 aromatic heterocycles. The van der Waals surface area contributed by atoms with E-state index in [1.54, 1.807) is 12.1 Å². The lowest BCUT2D eigenvalue weighted by molar-refractivity contribution is -0.123. The first-order chi connectivity index (χ1) is 12.1. The number of nitrogens with zero attached hydrogens (tertiary/aromatic N) is 3. The first-order valence-corrected chi connectivity index (χ1v) is 8.48. The Morgan fingerprint density at radius 2 is 1.92 bits per heavy atom. The molecule has 0 unspecified atom stereocenters. The van der Waals surface area contributed by atoms with Gasteiger partial charge in [-0.2, -0.15) is 0 Å². The predicted molar refractivity (Wildman–Crippen MR) is 93.4 cm³/mol.